The van der Waals surface area contributed by atoms with Gasteiger partial charge in [0, 0.05) is 22.4 Å². The molecule has 0 fully saturated rings. The number of carboxylic acid groups (broad SMARTS) is 1. The summed E-state index contributed by atoms with van der Waals surface area (Å²) in [4.78, 5) is 35.3. The van der Waals surface area contributed by atoms with E-state index in [2.05, 4.69) is 5.32 Å². The zero-order valence-electron chi connectivity index (χ0n) is 15.4. The Morgan fingerprint density at radius 3 is 2.47 bits per heavy atom. The molecule has 0 radical (unpaired) electrons. The van der Waals surface area contributed by atoms with Crippen molar-refractivity contribution in [1.82, 2.24) is 0 Å². The minimum Gasteiger partial charge on any atom is -0.478 e. The number of hydrogen-bond donors (Lipinski definition) is 2. The van der Waals surface area contributed by atoms with Crippen molar-refractivity contribution in [3.05, 3.63) is 98.6 Å². The van der Waals surface area contributed by atoms with Crippen LogP contribution in [-0.2, 0) is 5.75 Å². The lowest BCUT2D eigenvalue weighted by Gasteiger charge is -2.10. The summed E-state index contributed by atoms with van der Waals surface area (Å²) >= 11 is 7.10. The van der Waals surface area contributed by atoms with E-state index < -0.39 is 16.8 Å². The van der Waals surface area contributed by atoms with Gasteiger partial charge < -0.3 is 10.4 Å². The summed E-state index contributed by atoms with van der Waals surface area (Å²) in [7, 11) is 0. The molecule has 0 atom stereocenters. The number of nitrogens with one attached hydrogen (secondary N) is 1. The number of aromatic carboxylic acids is 1. The van der Waals surface area contributed by atoms with Gasteiger partial charge in [-0.2, -0.15) is 0 Å². The number of anilines is 1. The van der Waals surface area contributed by atoms with Gasteiger partial charge in [0.2, 0.25) is 0 Å². The first kappa shape index (κ1) is 21.4. The fraction of sp³-hybridized carbons (Fsp3) is 0.0476. The van der Waals surface area contributed by atoms with E-state index in [1.165, 1.54) is 48.2 Å². The Labute approximate surface area is 180 Å². The summed E-state index contributed by atoms with van der Waals surface area (Å²) in [6.07, 6.45) is 0. The fourth-order valence-corrected chi connectivity index (χ4v) is 3.79. The fourth-order valence-electron chi connectivity index (χ4n) is 2.66. The first-order valence-corrected chi connectivity index (χ1v) is 10.0. The van der Waals surface area contributed by atoms with Crippen molar-refractivity contribution in [2.24, 2.45) is 0 Å². The number of halogens is 1. The van der Waals surface area contributed by atoms with Gasteiger partial charge in [-0.1, -0.05) is 41.9 Å². The third-order valence-electron chi connectivity index (χ3n) is 4.12. The lowest BCUT2D eigenvalue weighted by Crippen LogP contribution is -2.15. The molecule has 0 heterocycles. The largest absolute Gasteiger partial charge is 0.478 e. The van der Waals surface area contributed by atoms with E-state index in [9.17, 15) is 24.8 Å². The molecule has 0 saturated carbocycles. The molecule has 9 heteroatoms. The van der Waals surface area contributed by atoms with Crippen LogP contribution >= 0.6 is 23.4 Å². The van der Waals surface area contributed by atoms with Gasteiger partial charge >= 0.3 is 5.97 Å². The van der Waals surface area contributed by atoms with Crippen LogP contribution in [0, 0.1) is 10.1 Å². The molecule has 0 aliphatic rings. The Morgan fingerprint density at radius 1 is 1.07 bits per heavy atom. The van der Waals surface area contributed by atoms with Crippen LogP contribution in [0.1, 0.15) is 26.3 Å². The number of rotatable bonds is 7. The molecule has 0 aromatic heterocycles. The molecule has 0 saturated heterocycles. The predicted octanol–water partition coefficient (Wildman–Crippen LogP) is 5.49. The second-order valence-corrected chi connectivity index (χ2v) is 7.62. The molecule has 0 bridgehead atoms. The molecule has 3 aromatic rings. The van der Waals surface area contributed by atoms with E-state index >= 15 is 0 Å². The number of nitro benzene ring substituents is 1. The van der Waals surface area contributed by atoms with Gasteiger partial charge in [0.25, 0.3) is 11.6 Å². The molecule has 0 aliphatic carbocycles. The number of hydrogen-bond acceptors (Lipinski definition) is 5. The van der Waals surface area contributed by atoms with E-state index in [0.717, 1.165) is 5.56 Å². The molecule has 1 amide bonds. The van der Waals surface area contributed by atoms with Crippen LogP contribution in [0.3, 0.4) is 0 Å². The van der Waals surface area contributed by atoms with Gasteiger partial charge in [0.15, 0.2) is 0 Å². The first-order valence-electron chi connectivity index (χ1n) is 8.64. The van der Waals surface area contributed by atoms with Gasteiger partial charge in [-0.05, 0) is 35.9 Å². The molecule has 0 unspecified atom stereocenters. The second kappa shape index (κ2) is 9.43. The van der Waals surface area contributed by atoms with Crippen LogP contribution in [0.15, 0.2) is 71.6 Å². The normalized spacial score (nSPS) is 10.4. The Morgan fingerprint density at radius 2 is 1.80 bits per heavy atom. The molecular weight excluding hydrogens is 428 g/mol. The number of benzene rings is 3. The maximum absolute atomic E-state index is 12.6. The highest BCUT2D eigenvalue weighted by molar-refractivity contribution is 7.98. The summed E-state index contributed by atoms with van der Waals surface area (Å²) in [5, 5.41) is 23.5. The Bertz CT molecular complexity index is 1120. The summed E-state index contributed by atoms with van der Waals surface area (Å²) in [6, 6.07) is 17.7. The summed E-state index contributed by atoms with van der Waals surface area (Å²) in [6.45, 7) is 0. The number of nitro groups is 1. The highest BCUT2D eigenvalue weighted by Gasteiger charge is 2.20. The van der Waals surface area contributed by atoms with Crippen molar-refractivity contribution in [3.8, 4) is 0 Å². The quantitative estimate of drug-likeness (QED) is 0.284. The SMILES string of the molecule is O=C(Nc1ccc(Cl)cc1C(=O)O)c1ccc(SCc2ccccc2)c([N+](=O)[O-])c1. The number of thioether (sulfide) groups is 1. The average Bonchev–Trinajstić information content (AvgIpc) is 2.73. The van der Waals surface area contributed by atoms with Crippen LogP contribution in [0.2, 0.25) is 5.02 Å². The second-order valence-electron chi connectivity index (χ2n) is 6.16. The number of carbonyl (C=O) groups is 2. The van der Waals surface area contributed by atoms with Crippen molar-refractivity contribution in [3.63, 3.8) is 0 Å². The lowest BCUT2D eigenvalue weighted by molar-refractivity contribution is -0.387. The third kappa shape index (κ3) is 5.16. The molecule has 3 aromatic carbocycles. The molecule has 30 heavy (non-hydrogen) atoms. The monoisotopic (exact) mass is 442 g/mol. The third-order valence-corrected chi connectivity index (χ3v) is 5.48. The van der Waals surface area contributed by atoms with E-state index in [-0.39, 0.29) is 27.5 Å². The molecule has 0 spiro atoms. The van der Waals surface area contributed by atoms with Crippen LogP contribution in [0.4, 0.5) is 11.4 Å². The zero-order chi connectivity index (χ0) is 21.7. The van der Waals surface area contributed by atoms with Crippen molar-refractivity contribution in [2.75, 3.05) is 5.32 Å². The standard InChI is InChI=1S/C21H15ClN2O5S/c22-15-7-8-17(16(11-15)21(26)27)23-20(25)14-6-9-19(18(10-14)24(28)29)30-12-13-4-2-1-3-5-13/h1-11H,12H2,(H,23,25)(H,26,27). The van der Waals surface area contributed by atoms with E-state index in [4.69, 9.17) is 11.6 Å². The Kier molecular flexibility index (Phi) is 6.71. The van der Waals surface area contributed by atoms with Crippen molar-refractivity contribution >= 4 is 46.6 Å². The Hall–Kier alpha value is -3.36. The van der Waals surface area contributed by atoms with Crippen molar-refractivity contribution in [1.29, 1.82) is 0 Å². The first-order chi connectivity index (χ1) is 14.3. The maximum Gasteiger partial charge on any atom is 0.337 e. The Balaban J connectivity index is 1.83. The number of carboxylic acids is 1. The van der Waals surface area contributed by atoms with Gasteiger partial charge in [-0.3, -0.25) is 14.9 Å². The molecule has 3 rings (SSSR count). The van der Waals surface area contributed by atoms with Crippen LogP contribution in [-0.4, -0.2) is 21.9 Å². The number of nitrogens with zero attached hydrogens (tertiary/aromatic N) is 1. The predicted molar refractivity (Wildman–Crippen MR) is 115 cm³/mol. The number of carbonyl (C=O) groups excluding carboxylic acids is 1. The van der Waals surface area contributed by atoms with E-state index in [1.54, 1.807) is 0 Å². The maximum atomic E-state index is 12.6. The molecule has 2 N–H and O–H groups in total. The van der Waals surface area contributed by atoms with Crippen molar-refractivity contribution < 1.29 is 19.6 Å². The lowest BCUT2D eigenvalue weighted by atomic mass is 10.1. The summed E-state index contributed by atoms with van der Waals surface area (Å²) in [5.41, 5.74) is 0.722. The van der Waals surface area contributed by atoms with Crippen LogP contribution < -0.4 is 5.32 Å². The van der Waals surface area contributed by atoms with Crippen molar-refractivity contribution in [2.45, 2.75) is 10.6 Å². The average molecular weight is 443 g/mol. The molecule has 152 valence electrons. The van der Waals surface area contributed by atoms with Gasteiger partial charge in [-0.15, -0.1) is 11.8 Å². The van der Waals surface area contributed by atoms with Gasteiger partial charge in [0.05, 0.1) is 21.1 Å². The zero-order valence-corrected chi connectivity index (χ0v) is 16.9. The van der Waals surface area contributed by atoms with Gasteiger partial charge in [0.1, 0.15) is 0 Å². The van der Waals surface area contributed by atoms with E-state index in [1.807, 2.05) is 30.3 Å². The smallest absolute Gasteiger partial charge is 0.337 e. The minimum absolute atomic E-state index is 0.0389. The molecule has 0 aliphatic heterocycles. The van der Waals surface area contributed by atoms with Crippen LogP contribution in [0.5, 0.6) is 0 Å². The summed E-state index contributed by atoms with van der Waals surface area (Å²) in [5.74, 6) is -1.38. The van der Waals surface area contributed by atoms with Crippen LogP contribution in [0.25, 0.3) is 0 Å². The molecule has 7 nitrogen and oxygen atoms in total. The molecular formula is C21H15ClN2O5S. The number of amides is 1. The van der Waals surface area contributed by atoms with E-state index in [0.29, 0.717) is 10.6 Å². The van der Waals surface area contributed by atoms with Gasteiger partial charge in [-0.25, -0.2) is 4.79 Å². The highest BCUT2D eigenvalue weighted by atomic mass is 35.5. The summed E-state index contributed by atoms with van der Waals surface area (Å²) < 4.78 is 0. The highest BCUT2D eigenvalue weighted by Crippen LogP contribution is 2.32. The minimum atomic E-state index is -1.26. The topological polar surface area (TPSA) is 110 Å².